The average molecular weight is 400 g/mol. The van der Waals surface area contributed by atoms with Crippen molar-refractivity contribution in [3.63, 3.8) is 0 Å². The van der Waals surface area contributed by atoms with Gasteiger partial charge in [0.2, 0.25) is 5.91 Å². The molecule has 1 amide bonds. The highest BCUT2D eigenvalue weighted by atomic mass is 16.6. The lowest BCUT2D eigenvalue weighted by molar-refractivity contribution is -0.114. The van der Waals surface area contributed by atoms with Crippen LogP contribution in [0.5, 0.6) is 0 Å². The number of nitrogens with one attached hydrogen (secondary N) is 2. The molecule has 0 radical (unpaired) electrons. The Bertz CT molecular complexity index is 1040. The molecule has 1 aliphatic rings. The molecule has 11 nitrogen and oxygen atoms in total. The summed E-state index contributed by atoms with van der Waals surface area (Å²) in [6, 6.07) is 7.10. The van der Waals surface area contributed by atoms with Crippen molar-refractivity contribution in [1.29, 1.82) is 0 Å². The van der Waals surface area contributed by atoms with Crippen molar-refractivity contribution in [2.75, 3.05) is 17.2 Å². The van der Waals surface area contributed by atoms with Crippen LogP contribution in [0.4, 0.5) is 17.2 Å². The van der Waals surface area contributed by atoms with Gasteiger partial charge in [-0.05, 0) is 18.2 Å². The second-order valence-electron chi connectivity index (χ2n) is 6.66. The van der Waals surface area contributed by atoms with Gasteiger partial charge >= 0.3 is 0 Å². The summed E-state index contributed by atoms with van der Waals surface area (Å²) in [6.07, 6.45) is -1.55. The number of nitrogens with zero attached hydrogens (tertiary/aromatic N) is 4. The molecule has 3 aromatic rings. The SMILES string of the molecule is CC(=O)Nc1cccc(Nc2ncnc3c2ncn3[C@@H]2O[C@H](CO)[C@@H](O)[C@H]2O)c1. The number of aliphatic hydroxyl groups is 3. The molecule has 11 heteroatoms. The number of imidazole rings is 1. The van der Waals surface area contributed by atoms with Gasteiger partial charge in [-0.2, -0.15) is 0 Å². The Morgan fingerprint density at radius 1 is 1.21 bits per heavy atom. The van der Waals surface area contributed by atoms with Gasteiger partial charge in [0.15, 0.2) is 23.2 Å². The van der Waals surface area contributed by atoms with E-state index in [1.165, 1.54) is 24.1 Å². The lowest BCUT2D eigenvalue weighted by Gasteiger charge is -2.16. The average Bonchev–Trinajstić information content (AvgIpc) is 3.24. The topological polar surface area (TPSA) is 155 Å². The number of fused-ring (bicyclic) bond motifs is 1. The van der Waals surface area contributed by atoms with Gasteiger partial charge in [0, 0.05) is 18.3 Å². The third kappa shape index (κ3) is 3.63. The number of hydrogen-bond donors (Lipinski definition) is 5. The number of carbonyl (C=O) groups is 1. The number of amides is 1. The molecule has 1 aromatic carbocycles. The minimum atomic E-state index is -1.25. The van der Waals surface area contributed by atoms with E-state index >= 15 is 0 Å². The van der Waals surface area contributed by atoms with Crippen molar-refractivity contribution in [3.05, 3.63) is 36.9 Å². The van der Waals surface area contributed by atoms with E-state index < -0.39 is 31.1 Å². The fourth-order valence-corrected chi connectivity index (χ4v) is 3.25. The number of hydrogen-bond acceptors (Lipinski definition) is 9. The number of aliphatic hydroxyl groups excluding tert-OH is 3. The standard InChI is InChI=1S/C18H20N6O5/c1-9(26)22-10-3-2-4-11(5-10)23-16-13-17(20-7-19-16)24(8-21-13)18-15(28)14(27)12(6-25)29-18/h2-5,7-8,12,14-15,18,25,27-28H,6H2,1H3,(H,22,26)(H,19,20,23)/t12-,14-,15-,18-/m1/s1. The summed E-state index contributed by atoms with van der Waals surface area (Å²) in [5.41, 5.74) is 2.12. The molecule has 0 aliphatic carbocycles. The summed E-state index contributed by atoms with van der Waals surface area (Å²) < 4.78 is 7.04. The summed E-state index contributed by atoms with van der Waals surface area (Å²) in [4.78, 5) is 24.0. The third-order valence-electron chi connectivity index (χ3n) is 4.60. The van der Waals surface area contributed by atoms with Crippen molar-refractivity contribution in [3.8, 4) is 0 Å². The smallest absolute Gasteiger partial charge is 0.221 e. The molecule has 1 aliphatic heterocycles. The van der Waals surface area contributed by atoms with Crippen LogP contribution in [0.15, 0.2) is 36.9 Å². The van der Waals surface area contributed by atoms with E-state index in [0.29, 0.717) is 28.4 Å². The Morgan fingerprint density at radius 3 is 2.72 bits per heavy atom. The highest BCUT2D eigenvalue weighted by Crippen LogP contribution is 2.32. The largest absolute Gasteiger partial charge is 0.394 e. The summed E-state index contributed by atoms with van der Waals surface area (Å²) in [7, 11) is 0. The Kier molecular flexibility index (Phi) is 5.11. The number of rotatable bonds is 5. The lowest BCUT2D eigenvalue weighted by Crippen LogP contribution is -2.33. The quantitative estimate of drug-likeness (QED) is 0.402. The Labute approximate surface area is 165 Å². The molecule has 2 aromatic heterocycles. The van der Waals surface area contributed by atoms with Crippen LogP contribution in [0.3, 0.4) is 0 Å². The molecule has 152 valence electrons. The van der Waals surface area contributed by atoms with Crippen LogP contribution in [-0.2, 0) is 9.53 Å². The molecule has 5 N–H and O–H groups in total. The van der Waals surface area contributed by atoms with Gasteiger partial charge in [-0.25, -0.2) is 15.0 Å². The molecular weight excluding hydrogens is 380 g/mol. The molecule has 0 saturated carbocycles. The lowest BCUT2D eigenvalue weighted by atomic mass is 10.1. The van der Waals surface area contributed by atoms with Crippen molar-refractivity contribution >= 4 is 34.3 Å². The summed E-state index contributed by atoms with van der Waals surface area (Å²) in [5.74, 6) is 0.240. The Balaban J connectivity index is 1.64. The number of aromatic nitrogens is 4. The van der Waals surface area contributed by atoms with E-state index in [4.69, 9.17) is 4.74 Å². The van der Waals surface area contributed by atoms with Crippen molar-refractivity contribution in [2.45, 2.75) is 31.5 Å². The van der Waals surface area contributed by atoms with E-state index in [1.807, 2.05) is 6.07 Å². The molecule has 29 heavy (non-hydrogen) atoms. The van der Waals surface area contributed by atoms with Gasteiger partial charge in [-0.15, -0.1) is 0 Å². The van der Waals surface area contributed by atoms with E-state index in [9.17, 15) is 20.1 Å². The van der Waals surface area contributed by atoms with Crippen molar-refractivity contribution in [2.24, 2.45) is 0 Å². The van der Waals surface area contributed by atoms with Crippen molar-refractivity contribution < 1.29 is 24.9 Å². The first-order valence-corrected chi connectivity index (χ1v) is 8.92. The first kappa shape index (κ1) is 19.2. The van der Waals surface area contributed by atoms with E-state index in [1.54, 1.807) is 18.2 Å². The van der Waals surface area contributed by atoms with Crippen molar-refractivity contribution in [1.82, 2.24) is 19.5 Å². The van der Waals surface area contributed by atoms with Crippen LogP contribution in [-0.4, -0.2) is 65.7 Å². The zero-order valence-electron chi connectivity index (χ0n) is 15.4. The van der Waals surface area contributed by atoms with E-state index in [-0.39, 0.29) is 5.91 Å². The van der Waals surface area contributed by atoms with Crippen LogP contribution >= 0.6 is 0 Å². The van der Waals surface area contributed by atoms with Crippen LogP contribution < -0.4 is 10.6 Å². The molecule has 4 atom stereocenters. The molecule has 0 spiro atoms. The van der Waals surface area contributed by atoms with Gasteiger partial charge in [0.1, 0.15) is 24.6 Å². The van der Waals surface area contributed by atoms with Crippen LogP contribution in [0.25, 0.3) is 11.2 Å². The van der Waals surface area contributed by atoms with Crippen LogP contribution in [0, 0.1) is 0 Å². The second-order valence-corrected chi connectivity index (χ2v) is 6.66. The second kappa shape index (κ2) is 7.72. The minimum absolute atomic E-state index is 0.177. The highest BCUT2D eigenvalue weighted by Gasteiger charge is 2.44. The number of anilines is 3. The number of carbonyl (C=O) groups excluding carboxylic acids is 1. The maximum absolute atomic E-state index is 11.3. The van der Waals surface area contributed by atoms with E-state index in [0.717, 1.165) is 0 Å². The fourth-order valence-electron chi connectivity index (χ4n) is 3.25. The third-order valence-corrected chi connectivity index (χ3v) is 4.60. The first-order valence-electron chi connectivity index (χ1n) is 8.92. The molecule has 4 rings (SSSR count). The minimum Gasteiger partial charge on any atom is -0.394 e. The monoisotopic (exact) mass is 400 g/mol. The Morgan fingerprint density at radius 2 is 2.00 bits per heavy atom. The Hall–Kier alpha value is -3.12. The number of ether oxygens (including phenoxy) is 1. The van der Waals surface area contributed by atoms with Crippen LogP contribution in [0.2, 0.25) is 0 Å². The van der Waals surface area contributed by atoms with Gasteiger partial charge in [-0.3, -0.25) is 9.36 Å². The summed E-state index contributed by atoms with van der Waals surface area (Å²) in [5, 5.41) is 35.4. The molecule has 3 heterocycles. The van der Waals surface area contributed by atoms with E-state index in [2.05, 4.69) is 25.6 Å². The zero-order valence-corrected chi connectivity index (χ0v) is 15.4. The molecule has 1 fully saturated rings. The molecular formula is C18H20N6O5. The van der Waals surface area contributed by atoms with Crippen LogP contribution in [0.1, 0.15) is 13.2 Å². The summed E-state index contributed by atoms with van der Waals surface area (Å²) >= 11 is 0. The summed E-state index contributed by atoms with van der Waals surface area (Å²) in [6.45, 7) is 1.01. The molecule has 0 bridgehead atoms. The zero-order chi connectivity index (χ0) is 20.5. The van der Waals surface area contributed by atoms with Gasteiger partial charge in [0.05, 0.1) is 12.9 Å². The maximum Gasteiger partial charge on any atom is 0.221 e. The predicted molar refractivity (Wildman–Crippen MR) is 102 cm³/mol. The highest BCUT2D eigenvalue weighted by molar-refractivity contribution is 5.90. The number of benzene rings is 1. The fraction of sp³-hybridized carbons (Fsp3) is 0.333. The predicted octanol–water partition coefficient (Wildman–Crippen LogP) is 0.140. The van der Waals surface area contributed by atoms with Gasteiger partial charge in [0.25, 0.3) is 0 Å². The maximum atomic E-state index is 11.3. The first-order chi connectivity index (χ1) is 14.0. The van der Waals surface area contributed by atoms with Gasteiger partial charge < -0.3 is 30.7 Å². The molecule has 1 saturated heterocycles. The normalized spacial score (nSPS) is 24.0. The molecule has 0 unspecified atom stereocenters. The van der Waals surface area contributed by atoms with Gasteiger partial charge in [-0.1, -0.05) is 6.07 Å².